The van der Waals surface area contributed by atoms with E-state index in [1.807, 2.05) is 0 Å². The van der Waals surface area contributed by atoms with Gasteiger partial charge in [-0.25, -0.2) is 4.98 Å². The lowest BCUT2D eigenvalue weighted by molar-refractivity contribution is 0.358. The van der Waals surface area contributed by atoms with Gasteiger partial charge in [-0.2, -0.15) is 5.10 Å². The van der Waals surface area contributed by atoms with Crippen LogP contribution in [-0.2, 0) is 5.41 Å². The largest absolute Gasteiger partial charge is 0.266 e. The topological polar surface area (TPSA) is 41.6 Å². The molecule has 3 heteroatoms. The summed E-state index contributed by atoms with van der Waals surface area (Å²) in [5, 5.41) is 7.10. The lowest BCUT2D eigenvalue weighted by Crippen LogP contribution is -2.23. The van der Waals surface area contributed by atoms with Crippen LogP contribution >= 0.6 is 0 Å². The Morgan fingerprint density at radius 1 is 1.12 bits per heavy atom. The van der Waals surface area contributed by atoms with E-state index >= 15 is 0 Å². The number of rotatable bonds is 8. The van der Waals surface area contributed by atoms with E-state index in [1.165, 1.54) is 44.9 Å². The molecular weight excluding hydrogens is 198 g/mol. The quantitative estimate of drug-likeness (QED) is 0.680. The van der Waals surface area contributed by atoms with Crippen molar-refractivity contribution in [2.45, 2.75) is 71.1 Å². The van der Waals surface area contributed by atoms with E-state index in [4.69, 9.17) is 0 Å². The number of aromatic nitrogens is 3. The predicted molar refractivity (Wildman–Crippen MR) is 67.4 cm³/mol. The maximum Gasteiger partial charge on any atom is 0.156 e. The molecule has 1 unspecified atom stereocenters. The summed E-state index contributed by atoms with van der Waals surface area (Å²) in [5.41, 5.74) is 0.169. The van der Waals surface area contributed by atoms with Crippen LogP contribution in [-0.4, -0.2) is 15.2 Å². The normalized spacial score (nSPS) is 14.9. The molecule has 1 aromatic rings. The van der Waals surface area contributed by atoms with Crippen molar-refractivity contribution in [3.8, 4) is 0 Å². The van der Waals surface area contributed by atoms with Crippen molar-refractivity contribution >= 4 is 0 Å². The maximum atomic E-state index is 4.34. The third-order valence-corrected chi connectivity index (χ3v) is 3.34. The molecule has 0 aliphatic carbocycles. The molecule has 1 aromatic heterocycles. The van der Waals surface area contributed by atoms with Crippen LogP contribution in [0.5, 0.6) is 0 Å². The van der Waals surface area contributed by atoms with Gasteiger partial charge in [0.25, 0.3) is 0 Å². The molecule has 0 spiro atoms. The van der Waals surface area contributed by atoms with Gasteiger partial charge >= 0.3 is 0 Å². The summed E-state index contributed by atoms with van der Waals surface area (Å²) in [4.78, 5) is 4.34. The minimum atomic E-state index is 0.169. The number of unbranched alkanes of at least 4 members (excludes halogenated alkanes) is 3. The number of hydrogen-bond acceptors (Lipinski definition) is 2. The van der Waals surface area contributed by atoms with Gasteiger partial charge in [-0.05, 0) is 12.8 Å². The van der Waals surface area contributed by atoms with Gasteiger partial charge in [0.05, 0.1) is 0 Å². The van der Waals surface area contributed by atoms with Crippen molar-refractivity contribution in [1.29, 1.82) is 0 Å². The molecule has 0 radical (unpaired) electrons. The Kier molecular flexibility index (Phi) is 5.50. The summed E-state index contributed by atoms with van der Waals surface area (Å²) in [6.45, 7) is 6.78. The molecule has 1 N–H and O–H groups in total. The van der Waals surface area contributed by atoms with Gasteiger partial charge in [0.2, 0.25) is 0 Å². The monoisotopic (exact) mass is 223 g/mol. The fourth-order valence-corrected chi connectivity index (χ4v) is 2.34. The molecule has 0 bridgehead atoms. The summed E-state index contributed by atoms with van der Waals surface area (Å²) in [5.74, 6) is 0.992. The molecule has 1 heterocycles. The van der Waals surface area contributed by atoms with E-state index in [1.54, 1.807) is 6.33 Å². The third kappa shape index (κ3) is 3.62. The van der Waals surface area contributed by atoms with Crippen LogP contribution in [0.2, 0.25) is 0 Å². The van der Waals surface area contributed by atoms with E-state index in [-0.39, 0.29) is 5.41 Å². The van der Waals surface area contributed by atoms with Crippen molar-refractivity contribution in [3.05, 3.63) is 12.2 Å². The minimum Gasteiger partial charge on any atom is -0.266 e. The Morgan fingerprint density at radius 2 is 1.94 bits per heavy atom. The highest BCUT2D eigenvalue weighted by Gasteiger charge is 2.28. The molecule has 0 aliphatic heterocycles. The Labute approximate surface area is 99.1 Å². The Bertz CT molecular complexity index is 269. The summed E-state index contributed by atoms with van der Waals surface area (Å²) >= 11 is 0. The molecular formula is C13H25N3. The van der Waals surface area contributed by atoms with Gasteiger partial charge < -0.3 is 0 Å². The first-order chi connectivity index (χ1) is 7.73. The van der Waals surface area contributed by atoms with Crippen molar-refractivity contribution < 1.29 is 0 Å². The zero-order valence-electron chi connectivity index (χ0n) is 10.9. The average molecular weight is 223 g/mol. The van der Waals surface area contributed by atoms with E-state index in [0.717, 1.165) is 5.82 Å². The molecule has 1 rings (SSSR count). The van der Waals surface area contributed by atoms with Crippen LogP contribution in [0.4, 0.5) is 0 Å². The van der Waals surface area contributed by atoms with Crippen molar-refractivity contribution in [3.63, 3.8) is 0 Å². The molecule has 0 amide bonds. The highest BCUT2D eigenvalue weighted by atomic mass is 15.2. The zero-order chi connectivity index (χ0) is 11.9. The fraction of sp³-hybridized carbons (Fsp3) is 0.846. The van der Waals surface area contributed by atoms with Crippen LogP contribution < -0.4 is 0 Å². The summed E-state index contributed by atoms with van der Waals surface area (Å²) < 4.78 is 0. The van der Waals surface area contributed by atoms with Gasteiger partial charge in [-0.15, -0.1) is 0 Å². The van der Waals surface area contributed by atoms with Crippen molar-refractivity contribution in [1.82, 2.24) is 15.2 Å². The Balaban J connectivity index is 2.52. The number of hydrogen-bond donors (Lipinski definition) is 1. The minimum absolute atomic E-state index is 0.169. The molecule has 3 nitrogen and oxygen atoms in total. The highest BCUT2D eigenvalue weighted by Crippen LogP contribution is 2.31. The first-order valence-corrected chi connectivity index (χ1v) is 6.59. The van der Waals surface area contributed by atoms with Gasteiger partial charge in [0.15, 0.2) is 5.82 Å². The van der Waals surface area contributed by atoms with Gasteiger partial charge in [-0.3, -0.25) is 5.10 Å². The number of aromatic amines is 1. The maximum absolute atomic E-state index is 4.34. The molecule has 16 heavy (non-hydrogen) atoms. The SMILES string of the molecule is CCCCCCC(C)(CCC)c1nc[nH]n1. The van der Waals surface area contributed by atoms with Crippen LogP contribution in [0.25, 0.3) is 0 Å². The van der Waals surface area contributed by atoms with E-state index < -0.39 is 0 Å². The van der Waals surface area contributed by atoms with Gasteiger partial charge in [-0.1, -0.05) is 52.9 Å². The summed E-state index contributed by atoms with van der Waals surface area (Å²) in [7, 11) is 0. The number of nitrogens with one attached hydrogen (secondary N) is 1. The smallest absolute Gasteiger partial charge is 0.156 e. The second-order valence-corrected chi connectivity index (χ2v) is 4.94. The van der Waals surface area contributed by atoms with Gasteiger partial charge in [0.1, 0.15) is 6.33 Å². The first kappa shape index (κ1) is 13.2. The van der Waals surface area contributed by atoms with Crippen LogP contribution in [0.3, 0.4) is 0 Å². The highest BCUT2D eigenvalue weighted by molar-refractivity contribution is 5.03. The van der Waals surface area contributed by atoms with E-state index in [0.29, 0.717) is 0 Å². The van der Waals surface area contributed by atoms with Crippen LogP contribution in [0, 0.1) is 0 Å². The summed E-state index contributed by atoms with van der Waals surface area (Å²) in [6, 6.07) is 0. The van der Waals surface area contributed by atoms with Gasteiger partial charge in [0, 0.05) is 5.41 Å². The van der Waals surface area contributed by atoms with E-state index in [9.17, 15) is 0 Å². The Morgan fingerprint density at radius 3 is 2.50 bits per heavy atom. The van der Waals surface area contributed by atoms with Crippen molar-refractivity contribution in [2.24, 2.45) is 0 Å². The molecule has 1 atom stereocenters. The molecule has 0 aliphatic rings. The lowest BCUT2D eigenvalue weighted by atomic mass is 9.80. The van der Waals surface area contributed by atoms with E-state index in [2.05, 4.69) is 36.0 Å². The number of nitrogens with zero attached hydrogens (tertiary/aromatic N) is 2. The second-order valence-electron chi connectivity index (χ2n) is 4.94. The Hall–Kier alpha value is -0.860. The number of H-pyrrole nitrogens is 1. The fourth-order valence-electron chi connectivity index (χ4n) is 2.34. The standard InChI is InChI=1S/C13H25N3/c1-4-6-7-8-10-13(3,9-5-2)12-14-11-15-16-12/h11H,4-10H2,1-3H3,(H,14,15,16). The molecule has 92 valence electrons. The molecule has 0 aromatic carbocycles. The molecule has 0 saturated heterocycles. The molecule has 0 fully saturated rings. The third-order valence-electron chi connectivity index (χ3n) is 3.34. The second kappa shape index (κ2) is 6.66. The molecule has 0 saturated carbocycles. The first-order valence-electron chi connectivity index (χ1n) is 6.59. The van der Waals surface area contributed by atoms with Crippen molar-refractivity contribution in [2.75, 3.05) is 0 Å². The summed E-state index contributed by atoms with van der Waals surface area (Å²) in [6.07, 6.45) is 10.5. The average Bonchev–Trinajstić information content (AvgIpc) is 2.79. The predicted octanol–water partition coefficient (Wildman–Crippen LogP) is 3.83. The zero-order valence-corrected chi connectivity index (χ0v) is 10.9. The van der Waals surface area contributed by atoms with Crippen LogP contribution in [0.1, 0.15) is 71.5 Å². The van der Waals surface area contributed by atoms with Crippen LogP contribution in [0.15, 0.2) is 6.33 Å². The lowest BCUT2D eigenvalue weighted by Gasteiger charge is -2.26.